The number of ether oxygens (including phenoxy) is 1. The molecule has 0 aliphatic rings. The number of nitrogens with zero attached hydrogens (tertiary/aromatic N) is 4. The minimum atomic E-state index is -0.388. The van der Waals surface area contributed by atoms with Gasteiger partial charge in [0.1, 0.15) is 6.54 Å². The predicted octanol–water partition coefficient (Wildman–Crippen LogP) is 1.79. The minimum absolute atomic E-state index is 0.00640. The fraction of sp³-hybridized carbons (Fsp3) is 0.273. The Morgan fingerprint density at radius 3 is 2.84 bits per heavy atom. The molecule has 0 radical (unpaired) electrons. The Balaban J connectivity index is 1.98. The van der Waals surface area contributed by atoms with Crippen molar-refractivity contribution >= 4 is 29.3 Å². The van der Waals surface area contributed by atoms with Crippen LogP contribution in [0.15, 0.2) is 29.4 Å². The molecule has 0 amide bonds. The number of tetrazole rings is 1. The van der Waals surface area contributed by atoms with Crippen molar-refractivity contribution in [3.05, 3.63) is 34.9 Å². The van der Waals surface area contributed by atoms with E-state index in [4.69, 9.17) is 11.6 Å². The van der Waals surface area contributed by atoms with E-state index in [1.165, 1.54) is 23.6 Å². The Bertz CT molecular complexity index is 558. The summed E-state index contributed by atoms with van der Waals surface area (Å²) in [5.74, 6) is 0.305. The molecule has 0 unspecified atom stereocenters. The van der Waals surface area contributed by atoms with Gasteiger partial charge in [-0.05, 0) is 28.1 Å². The molecule has 0 aliphatic heterocycles. The molecule has 0 saturated carbocycles. The maximum Gasteiger partial charge on any atom is 0.327 e. The molecule has 0 spiro atoms. The molecule has 1 aromatic carbocycles. The maximum absolute atomic E-state index is 11.2. The number of benzene rings is 1. The van der Waals surface area contributed by atoms with Gasteiger partial charge in [-0.1, -0.05) is 35.5 Å². The van der Waals surface area contributed by atoms with Crippen molar-refractivity contribution in [3.8, 4) is 0 Å². The first-order valence-electron chi connectivity index (χ1n) is 5.39. The van der Waals surface area contributed by atoms with Crippen molar-refractivity contribution in [2.24, 2.45) is 0 Å². The van der Waals surface area contributed by atoms with Crippen molar-refractivity contribution in [1.82, 2.24) is 20.2 Å². The predicted molar refractivity (Wildman–Crippen MR) is 70.8 cm³/mol. The van der Waals surface area contributed by atoms with Crippen LogP contribution in [0.4, 0.5) is 0 Å². The molecule has 6 nitrogen and oxygen atoms in total. The third-order valence-corrected chi connectivity index (χ3v) is 3.57. The lowest BCUT2D eigenvalue weighted by atomic mass is 10.2. The molecule has 0 aliphatic carbocycles. The fourth-order valence-corrected chi connectivity index (χ4v) is 2.27. The number of carbonyl (C=O) groups is 1. The first-order valence-corrected chi connectivity index (χ1v) is 6.75. The largest absolute Gasteiger partial charge is 0.468 e. The van der Waals surface area contributed by atoms with Gasteiger partial charge in [-0.2, -0.15) is 0 Å². The number of thioether (sulfide) groups is 1. The second kappa shape index (κ2) is 6.53. The van der Waals surface area contributed by atoms with Gasteiger partial charge in [0.25, 0.3) is 0 Å². The molecular formula is C11H11ClN4O2S. The van der Waals surface area contributed by atoms with E-state index < -0.39 is 0 Å². The van der Waals surface area contributed by atoms with E-state index in [0.717, 1.165) is 5.56 Å². The molecule has 100 valence electrons. The summed E-state index contributed by atoms with van der Waals surface area (Å²) in [6.07, 6.45) is 0. The van der Waals surface area contributed by atoms with Crippen LogP contribution in [0.25, 0.3) is 0 Å². The lowest BCUT2D eigenvalue weighted by Crippen LogP contribution is -2.13. The number of rotatable bonds is 5. The van der Waals surface area contributed by atoms with Gasteiger partial charge in [0.15, 0.2) is 0 Å². The van der Waals surface area contributed by atoms with Crippen LogP contribution >= 0.6 is 23.4 Å². The molecule has 1 heterocycles. The molecule has 2 aromatic rings. The van der Waals surface area contributed by atoms with Gasteiger partial charge >= 0.3 is 5.97 Å². The van der Waals surface area contributed by atoms with Crippen LogP contribution in [0.3, 0.4) is 0 Å². The first-order chi connectivity index (χ1) is 9.19. The Labute approximate surface area is 119 Å². The van der Waals surface area contributed by atoms with Gasteiger partial charge in [-0.3, -0.25) is 4.79 Å². The summed E-state index contributed by atoms with van der Waals surface area (Å²) < 4.78 is 5.98. The third kappa shape index (κ3) is 3.93. The van der Waals surface area contributed by atoms with E-state index in [2.05, 4.69) is 20.3 Å². The first kappa shape index (κ1) is 13.8. The zero-order valence-electron chi connectivity index (χ0n) is 10.1. The van der Waals surface area contributed by atoms with Crippen molar-refractivity contribution in [2.45, 2.75) is 17.5 Å². The normalized spacial score (nSPS) is 10.4. The molecule has 0 N–H and O–H groups in total. The number of esters is 1. The summed E-state index contributed by atoms with van der Waals surface area (Å²) >= 11 is 7.26. The van der Waals surface area contributed by atoms with Gasteiger partial charge in [-0.25, -0.2) is 4.68 Å². The van der Waals surface area contributed by atoms with E-state index in [1.807, 2.05) is 24.3 Å². The SMILES string of the molecule is COC(=O)Cn1nnnc1SCc1ccc(Cl)cc1. The van der Waals surface area contributed by atoms with Gasteiger partial charge in [0, 0.05) is 10.8 Å². The molecule has 0 bridgehead atoms. The average Bonchev–Trinajstić information content (AvgIpc) is 2.85. The fourth-order valence-electron chi connectivity index (χ4n) is 1.31. The van der Waals surface area contributed by atoms with Crippen molar-refractivity contribution in [2.75, 3.05) is 7.11 Å². The Kier molecular flexibility index (Phi) is 4.75. The minimum Gasteiger partial charge on any atom is -0.468 e. The highest BCUT2D eigenvalue weighted by atomic mass is 35.5. The molecule has 0 saturated heterocycles. The highest BCUT2D eigenvalue weighted by molar-refractivity contribution is 7.98. The van der Waals surface area contributed by atoms with E-state index >= 15 is 0 Å². The lowest BCUT2D eigenvalue weighted by molar-refractivity contribution is -0.141. The number of aromatic nitrogens is 4. The van der Waals surface area contributed by atoms with Crippen LogP contribution < -0.4 is 0 Å². The Morgan fingerprint density at radius 2 is 2.16 bits per heavy atom. The number of hydrogen-bond acceptors (Lipinski definition) is 6. The van der Waals surface area contributed by atoms with Crippen molar-refractivity contribution in [1.29, 1.82) is 0 Å². The van der Waals surface area contributed by atoms with Crippen LogP contribution in [0, 0.1) is 0 Å². The number of carbonyl (C=O) groups excluding carboxylic acids is 1. The summed E-state index contributed by atoms with van der Waals surface area (Å²) in [6, 6.07) is 7.53. The van der Waals surface area contributed by atoms with Crippen LogP contribution in [0.1, 0.15) is 5.56 Å². The maximum atomic E-state index is 11.2. The summed E-state index contributed by atoms with van der Waals surface area (Å²) in [5, 5.41) is 12.4. The van der Waals surface area contributed by atoms with Gasteiger partial charge < -0.3 is 4.74 Å². The van der Waals surface area contributed by atoms with Crippen LogP contribution in [-0.4, -0.2) is 33.3 Å². The highest BCUT2D eigenvalue weighted by Gasteiger charge is 2.11. The Morgan fingerprint density at radius 1 is 1.42 bits per heavy atom. The zero-order chi connectivity index (χ0) is 13.7. The second-order valence-electron chi connectivity index (χ2n) is 3.61. The van der Waals surface area contributed by atoms with Gasteiger partial charge in [-0.15, -0.1) is 5.10 Å². The average molecular weight is 299 g/mol. The molecule has 8 heteroatoms. The summed E-state index contributed by atoms with van der Waals surface area (Å²) in [4.78, 5) is 11.2. The second-order valence-corrected chi connectivity index (χ2v) is 4.99. The smallest absolute Gasteiger partial charge is 0.327 e. The van der Waals surface area contributed by atoms with Crippen molar-refractivity contribution < 1.29 is 9.53 Å². The Hall–Kier alpha value is -1.60. The molecule has 19 heavy (non-hydrogen) atoms. The number of methoxy groups -OCH3 is 1. The van der Waals surface area contributed by atoms with Gasteiger partial charge in [0.2, 0.25) is 5.16 Å². The molecule has 0 fully saturated rings. The number of hydrogen-bond donors (Lipinski definition) is 0. The monoisotopic (exact) mass is 298 g/mol. The third-order valence-electron chi connectivity index (χ3n) is 2.29. The highest BCUT2D eigenvalue weighted by Crippen LogP contribution is 2.21. The van der Waals surface area contributed by atoms with E-state index in [1.54, 1.807) is 0 Å². The van der Waals surface area contributed by atoms with E-state index in [9.17, 15) is 4.79 Å². The van der Waals surface area contributed by atoms with E-state index in [-0.39, 0.29) is 12.5 Å². The summed E-state index contributed by atoms with van der Waals surface area (Å²) in [7, 11) is 1.33. The van der Waals surface area contributed by atoms with Crippen molar-refractivity contribution in [3.63, 3.8) is 0 Å². The van der Waals surface area contributed by atoms with E-state index in [0.29, 0.717) is 15.9 Å². The van der Waals surface area contributed by atoms with Crippen LogP contribution in [-0.2, 0) is 21.8 Å². The summed E-state index contributed by atoms with van der Waals surface area (Å²) in [5.41, 5.74) is 1.10. The lowest BCUT2D eigenvalue weighted by Gasteiger charge is -2.03. The van der Waals surface area contributed by atoms with Crippen LogP contribution in [0.2, 0.25) is 5.02 Å². The molecule has 1 aromatic heterocycles. The topological polar surface area (TPSA) is 69.9 Å². The molecule has 2 rings (SSSR count). The molecular weight excluding hydrogens is 288 g/mol. The standard InChI is InChI=1S/C11H11ClN4O2S/c1-18-10(17)6-16-11(13-14-15-16)19-7-8-2-4-9(12)5-3-8/h2-5H,6-7H2,1H3. The quantitative estimate of drug-likeness (QED) is 0.619. The summed E-state index contributed by atoms with van der Waals surface area (Å²) in [6.45, 7) is 0.00640. The zero-order valence-corrected chi connectivity index (χ0v) is 11.7. The van der Waals surface area contributed by atoms with Gasteiger partial charge in [0.05, 0.1) is 7.11 Å². The molecule has 0 atom stereocenters. The number of halogens is 1. The van der Waals surface area contributed by atoms with Crippen LogP contribution in [0.5, 0.6) is 0 Å².